The van der Waals surface area contributed by atoms with Crippen LogP contribution in [0.3, 0.4) is 0 Å². The highest BCUT2D eigenvalue weighted by atomic mass is 16.5. The number of nitrogen functional groups attached to an aromatic ring is 1. The Kier molecular flexibility index (Phi) is 6.06. The minimum Gasteiger partial charge on any atom is -0.393 e. The number of hydrogen-bond acceptors (Lipinski definition) is 8. The third kappa shape index (κ3) is 4.25. The molecule has 0 amide bonds. The number of piperidine rings is 1. The van der Waals surface area contributed by atoms with Gasteiger partial charge in [0.05, 0.1) is 19.3 Å². The van der Waals surface area contributed by atoms with Crippen molar-refractivity contribution in [2.24, 2.45) is 0 Å². The summed E-state index contributed by atoms with van der Waals surface area (Å²) in [7, 11) is 1.77. The summed E-state index contributed by atoms with van der Waals surface area (Å²) in [5.41, 5.74) is 6.94. The number of morpholine rings is 1. The van der Waals surface area contributed by atoms with Crippen LogP contribution >= 0.6 is 0 Å². The first-order valence-corrected chi connectivity index (χ1v) is 8.70. The Morgan fingerprint density at radius 1 is 1.25 bits per heavy atom. The number of nitrogens with two attached hydrogens (primary N) is 1. The van der Waals surface area contributed by atoms with Crippen molar-refractivity contribution >= 4 is 17.3 Å². The van der Waals surface area contributed by atoms with E-state index >= 15 is 0 Å². The molecule has 1 aromatic rings. The fourth-order valence-electron chi connectivity index (χ4n) is 3.24. The van der Waals surface area contributed by atoms with Crippen molar-refractivity contribution in [3.05, 3.63) is 6.33 Å². The smallest absolute Gasteiger partial charge is 0.157 e. The van der Waals surface area contributed by atoms with Crippen LogP contribution in [0, 0.1) is 0 Å². The highest BCUT2D eigenvalue weighted by Crippen LogP contribution is 2.28. The molecule has 1 aromatic heterocycles. The molecule has 3 heterocycles. The second-order valence-corrected chi connectivity index (χ2v) is 6.26. The molecule has 2 aliphatic rings. The molecule has 0 radical (unpaired) electrons. The number of hydrogen-bond donors (Lipinski definition) is 2. The first-order chi connectivity index (χ1) is 11.8. The standard InChI is InChI=1S/C16H28N6O2/c1-23-13-2-5-22(6-3-13)16-14(17)15(19-12-20-16)18-4-7-21-8-10-24-11-9-21/h12-13H,2-11,17H2,1H3,(H,18,19,20). The number of methoxy groups -OCH3 is 1. The van der Waals surface area contributed by atoms with Crippen LogP contribution in [0.25, 0.3) is 0 Å². The Labute approximate surface area is 143 Å². The van der Waals surface area contributed by atoms with Crippen LogP contribution in [0.2, 0.25) is 0 Å². The molecule has 2 saturated heterocycles. The summed E-state index contributed by atoms with van der Waals surface area (Å²) in [4.78, 5) is 13.3. The molecular formula is C16H28N6O2. The maximum absolute atomic E-state index is 6.31. The van der Waals surface area contributed by atoms with E-state index in [0.717, 1.165) is 77.0 Å². The summed E-state index contributed by atoms with van der Waals surface area (Å²) >= 11 is 0. The molecule has 8 heteroatoms. The van der Waals surface area contributed by atoms with Crippen molar-refractivity contribution in [2.45, 2.75) is 18.9 Å². The maximum atomic E-state index is 6.31. The summed E-state index contributed by atoms with van der Waals surface area (Å²) < 4.78 is 10.8. The van der Waals surface area contributed by atoms with E-state index in [2.05, 4.69) is 25.1 Å². The van der Waals surface area contributed by atoms with Gasteiger partial charge in [-0.1, -0.05) is 0 Å². The van der Waals surface area contributed by atoms with Gasteiger partial charge in [0.25, 0.3) is 0 Å². The molecule has 0 spiro atoms. The topological polar surface area (TPSA) is 88.8 Å². The van der Waals surface area contributed by atoms with Gasteiger partial charge in [0, 0.05) is 46.4 Å². The number of nitrogens with zero attached hydrogens (tertiary/aromatic N) is 4. The van der Waals surface area contributed by atoms with Crippen LogP contribution in [-0.4, -0.2) is 80.6 Å². The molecule has 24 heavy (non-hydrogen) atoms. The van der Waals surface area contributed by atoms with Crippen LogP contribution < -0.4 is 16.0 Å². The van der Waals surface area contributed by atoms with E-state index in [4.69, 9.17) is 15.2 Å². The Balaban J connectivity index is 1.55. The highest BCUT2D eigenvalue weighted by Gasteiger charge is 2.22. The maximum Gasteiger partial charge on any atom is 0.157 e. The molecule has 0 atom stereocenters. The molecule has 3 rings (SSSR count). The zero-order valence-corrected chi connectivity index (χ0v) is 14.4. The van der Waals surface area contributed by atoms with E-state index < -0.39 is 0 Å². The molecule has 0 bridgehead atoms. The number of nitrogens with one attached hydrogen (secondary N) is 1. The number of aromatic nitrogens is 2. The molecule has 2 aliphatic heterocycles. The summed E-state index contributed by atoms with van der Waals surface area (Å²) in [6.07, 6.45) is 3.93. The number of rotatable bonds is 6. The summed E-state index contributed by atoms with van der Waals surface area (Å²) in [5, 5.41) is 3.35. The van der Waals surface area contributed by atoms with E-state index in [1.807, 2.05) is 0 Å². The molecule has 0 unspecified atom stereocenters. The molecule has 0 saturated carbocycles. The van der Waals surface area contributed by atoms with E-state index in [9.17, 15) is 0 Å². The van der Waals surface area contributed by atoms with Crippen LogP contribution in [0.1, 0.15) is 12.8 Å². The van der Waals surface area contributed by atoms with Crippen molar-refractivity contribution < 1.29 is 9.47 Å². The summed E-state index contributed by atoms with van der Waals surface area (Å²) in [6, 6.07) is 0. The molecule has 134 valence electrons. The van der Waals surface area contributed by atoms with Crippen molar-refractivity contribution in [3.63, 3.8) is 0 Å². The predicted molar refractivity (Wildman–Crippen MR) is 94.4 cm³/mol. The number of ether oxygens (including phenoxy) is 2. The van der Waals surface area contributed by atoms with Gasteiger partial charge >= 0.3 is 0 Å². The van der Waals surface area contributed by atoms with Gasteiger partial charge in [-0.15, -0.1) is 0 Å². The number of anilines is 3. The predicted octanol–water partition coefficient (Wildman–Crippen LogP) is 0.418. The van der Waals surface area contributed by atoms with Gasteiger partial charge in [-0.3, -0.25) is 4.90 Å². The van der Waals surface area contributed by atoms with Gasteiger partial charge in [0.15, 0.2) is 11.6 Å². The van der Waals surface area contributed by atoms with Crippen LogP contribution in [0.4, 0.5) is 17.3 Å². The van der Waals surface area contributed by atoms with Crippen molar-refractivity contribution in [1.29, 1.82) is 0 Å². The third-order valence-corrected chi connectivity index (χ3v) is 4.76. The van der Waals surface area contributed by atoms with E-state index in [0.29, 0.717) is 11.8 Å². The van der Waals surface area contributed by atoms with Crippen LogP contribution in [-0.2, 0) is 9.47 Å². The first kappa shape index (κ1) is 17.2. The van der Waals surface area contributed by atoms with Crippen molar-refractivity contribution in [2.75, 3.05) is 75.5 Å². The monoisotopic (exact) mass is 336 g/mol. The average Bonchev–Trinajstić information content (AvgIpc) is 2.64. The normalized spacial score (nSPS) is 20.3. The third-order valence-electron chi connectivity index (χ3n) is 4.76. The quantitative estimate of drug-likeness (QED) is 0.773. The lowest BCUT2D eigenvalue weighted by Crippen LogP contribution is -2.39. The summed E-state index contributed by atoms with van der Waals surface area (Å²) in [5.74, 6) is 1.55. The molecule has 2 fully saturated rings. The molecule has 3 N–H and O–H groups in total. The summed E-state index contributed by atoms with van der Waals surface area (Å²) in [6.45, 7) is 7.20. The largest absolute Gasteiger partial charge is 0.393 e. The second-order valence-electron chi connectivity index (χ2n) is 6.26. The minimum atomic E-state index is 0.343. The Morgan fingerprint density at radius 3 is 2.71 bits per heavy atom. The van der Waals surface area contributed by atoms with E-state index in [1.165, 1.54) is 0 Å². The van der Waals surface area contributed by atoms with E-state index in [1.54, 1.807) is 13.4 Å². The second kappa shape index (κ2) is 8.46. The molecule has 8 nitrogen and oxygen atoms in total. The molecular weight excluding hydrogens is 308 g/mol. The molecule has 0 aromatic carbocycles. The zero-order valence-electron chi connectivity index (χ0n) is 14.4. The van der Waals surface area contributed by atoms with E-state index in [-0.39, 0.29) is 0 Å². The van der Waals surface area contributed by atoms with Gasteiger partial charge in [0.2, 0.25) is 0 Å². The lowest BCUT2D eigenvalue weighted by Gasteiger charge is -2.32. The highest BCUT2D eigenvalue weighted by molar-refractivity contribution is 5.74. The lowest BCUT2D eigenvalue weighted by atomic mass is 10.1. The SMILES string of the molecule is COC1CCN(c2ncnc(NCCN3CCOCC3)c2N)CC1. The Morgan fingerprint density at radius 2 is 2.00 bits per heavy atom. The van der Waals surface area contributed by atoms with Gasteiger partial charge in [-0.05, 0) is 12.8 Å². The van der Waals surface area contributed by atoms with Crippen molar-refractivity contribution in [1.82, 2.24) is 14.9 Å². The first-order valence-electron chi connectivity index (χ1n) is 8.70. The molecule has 0 aliphatic carbocycles. The van der Waals surface area contributed by atoms with Gasteiger partial charge in [-0.2, -0.15) is 0 Å². The minimum absolute atomic E-state index is 0.343. The fourth-order valence-corrected chi connectivity index (χ4v) is 3.24. The van der Waals surface area contributed by atoms with Crippen LogP contribution in [0.15, 0.2) is 6.33 Å². The Hall–Kier alpha value is -1.64. The van der Waals surface area contributed by atoms with Gasteiger partial charge < -0.3 is 25.4 Å². The van der Waals surface area contributed by atoms with Crippen molar-refractivity contribution in [3.8, 4) is 0 Å². The van der Waals surface area contributed by atoms with Crippen LogP contribution in [0.5, 0.6) is 0 Å². The average molecular weight is 336 g/mol. The lowest BCUT2D eigenvalue weighted by molar-refractivity contribution is 0.0398. The van der Waals surface area contributed by atoms with Gasteiger partial charge in [0.1, 0.15) is 12.0 Å². The zero-order chi connectivity index (χ0) is 16.8. The Bertz CT molecular complexity index is 515. The fraction of sp³-hybridized carbons (Fsp3) is 0.750. The van der Waals surface area contributed by atoms with Gasteiger partial charge in [-0.25, -0.2) is 9.97 Å².